The standard InChI is InChI=1S/C17H24ClFN2.ClH/c1-2-3-4-5-6-17(21-11-9-20-10-12-21)15-13-14(19)7-8-16(15)18;/h2,7-8,13,17,20H,1,3-6,9-12H2;1H/t17-;/m0./s1. The summed E-state index contributed by atoms with van der Waals surface area (Å²) in [5.74, 6) is -0.208. The minimum atomic E-state index is -0.208. The molecule has 1 aliphatic rings. The molecule has 0 spiro atoms. The van der Waals surface area contributed by atoms with Gasteiger partial charge < -0.3 is 5.32 Å². The summed E-state index contributed by atoms with van der Waals surface area (Å²) in [5.41, 5.74) is 0.928. The summed E-state index contributed by atoms with van der Waals surface area (Å²) in [4.78, 5) is 2.42. The molecule has 1 saturated heterocycles. The average molecular weight is 347 g/mol. The Labute approximate surface area is 144 Å². The molecule has 1 N–H and O–H groups in total. The zero-order chi connectivity index (χ0) is 15.1. The molecule has 0 aromatic heterocycles. The molecule has 5 heteroatoms. The number of nitrogens with zero attached hydrogens (tertiary/aromatic N) is 1. The quantitative estimate of drug-likeness (QED) is 0.573. The van der Waals surface area contributed by atoms with Crippen LogP contribution in [0.5, 0.6) is 0 Å². The van der Waals surface area contributed by atoms with Gasteiger partial charge in [-0.3, -0.25) is 4.90 Å². The van der Waals surface area contributed by atoms with E-state index in [0.29, 0.717) is 5.02 Å². The second-order valence-corrected chi connectivity index (χ2v) is 5.95. The topological polar surface area (TPSA) is 15.3 Å². The fourth-order valence-electron chi connectivity index (χ4n) is 2.92. The zero-order valence-corrected chi connectivity index (χ0v) is 14.4. The predicted molar refractivity (Wildman–Crippen MR) is 94.5 cm³/mol. The molecule has 2 rings (SSSR count). The lowest BCUT2D eigenvalue weighted by atomic mass is 9.97. The highest BCUT2D eigenvalue weighted by Crippen LogP contribution is 2.32. The molecule has 0 amide bonds. The summed E-state index contributed by atoms with van der Waals surface area (Å²) in [6, 6.07) is 4.91. The van der Waals surface area contributed by atoms with Crippen molar-refractivity contribution in [1.29, 1.82) is 0 Å². The van der Waals surface area contributed by atoms with Gasteiger partial charge in [-0.2, -0.15) is 0 Å². The molecule has 0 unspecified atom stereocenters. The first-order valence-electron chi connectivity index (χ1n) is 7.73. The Balaban J connectivity index is 0.00000242. The second-order valence-electron chi connectivity index (χ2n) is 5.54. The lowest BCUT2D eigenvalue weighted by molar-refractivity contribution is 0.162. The van der Waals surface area contributed by atoms with Crippen LogP contribution in [0.25, 0.3) is 0 Å². The molecule has 2 nitrogen and oxygen atoms in total. The van der Waals surface area contributed by atoms with Crippen LogP contribution in [0.15, 0.2) is 30.9 Å². The number of halogens is 3. The average Bonchev–Trinajstić information content (AvgIpc) is 2.51. The molecule has 1 fully saturated rings. The van der Waals surface area contributed by atoms with Gasteiger partial charge >= 0.3 is 0 Å². The van der Waals surface area contributed by atoms with Gasteiger partial charge in [-0.05, 0) is 43.0 Å². The smallest absolute Gasteiger partial charge is 0.123 e. The fourth-order valence-corrected chi connectivity index (χ4v) is 3.17. The number of piperazine rings is 1. The van der Waals surface area contributed by atoms with Crippen LogP contribution in [0.1, 0.15) is 37.3 Å². The Hall–Kier alpha value is -0.610. The third kappa shape index (κ3) is 5.54. The highest BCUT2D eigenvalue weighted by molar-refractivity contribution is 6.31. The summed E-state index contributed by atoms with van der Waals surface area (Å²) < 4.78 is 13.6. The van der Waals surface area contributed by atoms with Gasteiger partial charge in [0.15, 0.2) is 0 Å². The van der Waals surface area contributed by atoms with Crippen molar-refractivity contribution < 1.29 is 4.39 Å². The van der Waals surface area contributed by atoms with Crippen molar-refractivity contribution in [2.24, 2.45) is 0 Å². The Kier molecular flexibility index (Phi) is 9.03. The van der Waals surface area contributed by atoms with Crippen molar-refractivity contribution in [1.82, 2.24) is 10.2 Å². The van der Waals surface area contributed by atoms with E-state index in [1.54, 1.807) is 12.1 Å². The van der Waals surface area contributed by atoms with Crippen molar-refractivity contribution in [2.75, 3.05) is 26.2 Å². The van der Waals surface area contributed by atoms with Crippen LogP contribution in [0.3, 0.4) is 0 Å². The normalized spacial score (nSPS) is 16.8. The Bertz CT molecular complexity index is 462. The molecule has 0 bridgehead atoms. The largest absolute Gasteiger partial charge is 0.314 e. The monoisotopic (exact) mass is 346 g/mol. The first-order chi connectivity index (χ1) is 10.2. The van der Waals surface area contributed by atoms with Crippen LogP contribution >= 0.6 is 24.0 Å². The van der Waals surface area contributed by atoms with Gasteiger partial charge in [-0.25, -0.2) is 4.39 Å². The van der Waals surface area contributed by atoms with E-state index in [9.17, 15) is 4.39 Å². The number of rotatable bonds is 7. The maximum Gasteiger partial charge on any atom is 0.123 e. The van der Waals surface area contributed by atoms with Gasteiger partial charge in [0, 0.05) is 37.2 Å². The number of hydrogen-bond donors (Lipinski definition) is 1. The van der Waals surface area contributed by atoms with Crippen molar-refractivity contribution in [3.05, 3.63) is 47.3 Å². The van der Waals surface area contributed by atoms with Crippen LogP contribution in [0.2, 0.25) is 5.02 Å². The van der Waals surface area contributed by atoms with E-state index in [0.717, 1.165) is 57.4 Å². The van der Waals surface area contributed by atoms with E-state index in [-0.39, 0.29) is 24.3 Å². The number of unbranched alkanes of at least 4 members (excludes halogenated alkanes) is 2. The molecule has 1 aromatic rings. The van der Waals surface area contributed by atoms with Crippen LogP contribution in [-0.2, 0) is 0 Å². The van der Waals surface area contributed by atoms with Gasteiger partial charge in [0.2, 0.25) is 0 Å². The van der Waals surface area contributed by atoms with E-state index in [4.69, 9.17) is 11.6 Å². The molecule has 124 valence electrons. The molecule has 22 heavy (non-hydrogen) atoms. The van der Waals surface area contributed by atoms with Crippen LogP contribution < -0.4 is 5.32 Å². The molecule has 0 saturated carbocycles. The Morgan fingerprint density at radius 2 is 2.05 bits per heavy atom. The van der Waals surface area contributed by atoms with Crippen molar-refractivity contribution in [3.8, 4) is 0 Å². The molecular weight excluding hydrogens is 322 g/mol. The van der Waals surface area contributed by atoms with Crippen LogP contribution in [0.4, 0.5) is 4.39 Å². The first-order valence-corrected chi connectivity index (χ1v) is 8.11. The molecule has 1 atom stereocenters. The van der Waals surface area contributed by atoms with Gasteiger partial charge in [-0.1, -0.05) is 24.1 Å². The summed E-state index contributed by atoms with van der Waals surface area (Å²) in [6.07, 6.45) is 6.23. The third-order valence-corrected chi connectivity index (χ3v) is 4.39. The maximum atomic E-state index is 13.6. The molecule has 1 aromatic carbocycles. The summed E-state index contributed by atoms with van der Waals surface area (Å²) in [6.45, 7) is 7.70. The Morgan fingerprint density at radius 1 is 1.32 bits per heavy atom. The predicted octanol–water partition coefficient (Wildman–Crippen LogP) is 4.59. The minimum Gasteiger partial charge on any atom is -0.314 e. The van der Waals surface area contributed by atoms with Crippen LogP contribution in [0, 0.1) is 5.82 Å². The lowest BCUT2D eigenvalue weighted by Gasteiger charge is -2.35. The zero-order valence-electron chi connectivity index (χ0n) is 12.9. The lowest BCUT2D eigenvalue weighted by Crippen LogP contribution is -2.45. The summed E-state index contributed by atoms with van der Waals surface area (Å²) in [7, 11) is 0. The van der Waals surface area contributed by atoms with Crippen molar-refractivity contribution in [3.63, 3.8) is 0 Å². The van der Waals surface area contributed by atoms with Crippen molar-refractivity contribution >= 4 is 24.0 Å². The Morgan fingerprint density at radius 3 is 2.73 bits per heavy atom. The van der Waals surface area contributed by atoms with Gasteiger partial charge in [0.05, 0.1) is 0 Å². The van der Waals surface area contributed by atoms with Gasteiger partial charge in [0.1, 0.15) is 5.82 Å². The first kappa shape index (κ1) is 19.4. The number of hydrogen-bond acceptors (Lipinski definition) is 2. The summed E-state index contributed by atoms with van der Waals surface area (Å²) in [5, 5.41) is 4.03. The van der Waals surface area contributed by atoms with Gasteiger partial charge in [-0.15, -0.1) is 19.0 Å². The fraction of sp³-hybridized carbons (Fsp3) is 0.529. The van der Waals surface area contributed by atoms with Gasteiger partial charge in [0.25, 0.3) is 0 Å². The maximum absolute atomic E-state index is 13.6. The molecule has 1 heterocycles. The molecular formula is C17H25Cl2FN2. The van der Waals surface area contributed by atoms with Crippen LogP contribution in [-0.4, -0.2) is 31.1 Å². The highest BCUT2D eigenvalue weighted by Gasteiger charge is 2.24. The number of benzene rings is 1. The minimum absolute atomic E-state index is 0. The highest BCUT2D eigenvalue weighted by atomic mass is 35.5. The van der Waals surface area contributed by atoms with E-state index >= 15 is 0 Å². The van der Waals surface area contributed by atoms with E-state index in [1.165, 1.54) is 6.07 Å². The SMILES string of the molecule is C=CCCCC[C@@H](c1cc(F)ccc1Cl)N1CCNCC1.Cl. The van der Waals surface area contributed by atoms with E-state index < -0.39 is 0 Å². The third-order valence-electron chi connectivity index (χ3n) is 4.05. The van der Waals surface area contributed by atoms with E-state index in [2.05, 4.69) is 16.8 Å². The summed E-state index contributed by atoms with van der Waals surface area (Å²) >= 11 is 6.33. The van der Waals surface area contributed by atoms with Crippen molar-refractivity contribution in [2.45, 2.75) is 31.7 Å². The molecule has 0 radical (unpaired) electrons. The number of allylic oxidation sites excluding steroid dienone is 1. The van der Waals surface area contributed by atoms with E-state index in [1.807, 2.05) is 6.08 Å². The number of nitrogens with one attached hydrogen (secondary N) is 1. The molecule has 1 aliphatic heterocycles. The molecule has 0 aliphatic carbocycles. The second kappa shape index (κ2) is 10.2.